The SMILES string of the molecule is CC.CCC(C)c1ccccc1S(=O)(=O)N1CCCC(COC)C1. The Labute approximate surface area is 148 Å². The molecule has 0 bridgehead atoms. The van der Waals surface area contributed by atoms with E-state index in [9.17, 15) is 8.42 Å². The van der Waals surface area contributed by atoms with E-state index in [1.165, 1.54) is 0 Å². The second kappa shape index (κ2) is 10.2. The van der Waals surface area contributed by atoms with Gasteiger partial charge in [-0.1, -0.05) is 45.9 Å². The zero-order valence-corrected chi connectivity index (χ0v) is 16.6. The first-order valence-electron chi connectivity index (χ1n) is 9.08. The molecule has 0 radical (unpaired) electrons. The lowest BCUT2D eigenvalue weighted by atomic mass is 9.99. The van der Waals surface area contributed by atoms with Gasteiger partial charge in [-0.2, -0.15) is 4.31 Å². The second-order valence-electron chi connectivity index (χ2n) is 6.17. The number of sulfonamides is 1. The highest BCUT2D eigenvalue weighted by Crippen LogP contribution is 2.30. The van der Waals surface area contributed by atoms with Gasteiger partial charge in [0.1, 0.15) is 0 Å². The summed E-state index contributed by atoms with van der Waals surface area (Å²) in [5, 5.41) is 0. The summed E-state index contributed by atoms with van der Waals surface area (Å²) in [5.41, 5.74) is 0.930. The van der Waals surface area contributed by atoms with Crippen LogP contribution in [0.15, 0.2) is 29.2 Å². The van der Waals surface area contributed by atoms with Gasteiger partial charge >= 0.3 is 0 Å². The Bertz CT molecular complexity index is 584. The minimum atomic E-state index is -3.42. The van der Waals surface area contributed by atoms with Gasteiger partial charge in [-0.25, -0.2) is 8.42 Å². The number of methoxy groups -OCH3 is 1. The van der Waals surface area contributed by atoms with Crippen molar-refractivity contribution < 1.29 is 13.2 Å². The van der Waals surface area contributed by atoms with Crippen molar-refractivity contribution in [2.75, 3.05) is 26.8 Å². The molecule has 1 saturated heterocycles. The molecule has 0 aliphatic carbocycles. The largest absolute Gasteiger partial charge is 0.384 e. The molecule has 1 fully saturated rings. The quantitative estimate of drug-likeness (QED) is 0.765. The Hall–Kier alpha value is -0.910. The monoisotopic (exact) mass is 355 g/mol. The number of piperidine rings is 1. The molecule has 1 aliphatic heterocycles. The van der Waals surface area contributed by atoms with E-state index in [1.807, 2.05) is 32.0 Å². The first-order valence-corrected chi connectivity index (χ1v) is 10.5. The average Bonchev–Trinajstić information content (AvgIpc) is 2.63. The van der Waals surface area contributed by atoms with Crippen LogP contribution in [0, 0.1) is 5.92 Å². The van der Waals surface area contributed by atoms with Crippen LogP contribution in [0.1, 0.15) is 58.4 Å². The molecule has 0 amide bonds. The standard InChI is InChI=1S/C17H27NO3S.C2H6/c1-4-14(2)16-9-5-6-10-17(16)22(19,20)18-11-7-8-15(12-18)13-21-3;1-2/h5-6,9-10,14-15H,4,7-8,11-13H2,1-3H3;1-2H3. The Kier molecular flexibility index (Phi) is 8.95. The number of nitrogens with zero attached hydrogens (tertiary/aromatic N) is 1. The molecule has 4 nitrogen and oxygen atoms in total. The van der Waals surface area contributed by atoms with E-state index in [2.05, 4.69) is 13.8 Å². The molecule has 0 spiro atoms. The minimum absolute atomic E-state index is 0.241. The van der Waals surface area contributed by atoms with Gasteiger partial charge in [0.05, 0.1) is 11.5 Å². The van der Waals surface area contributed by atoms with Crippen LogP contribution >= 0.6 is 0 Å². The molecule has 1 aromatic carbocycles. The van der Waals surface area contributed by atoms with E-state index in [-0.39, 0.29) is 5.92 Å². The molecule has 1 aromatic rings. The van der Waals surface area contributed by atoms with Gasteiger partial charge < -0.3 is 4.74 Å². The van der Waals surface area contributed by atoms with Crippen molar-refractivity contribution in [1.29, 1.82) is 0 Å². The van der Waals surface area contributed by atoms with Crippen molar-refractivity contribution in [3.63, 3.8) is 0 Å². The summed E-state index contributed by atoms with van der Waals surface area (Å²) in [6.07, 6.45) is 2.87. The number of hydrogen-bond acceptors (Lipinski definition) is 3. The van der Waals surface area contributed by atoms with Gasteiger partial charge in [-0.05, 0) is 42.7 Å². The van der Waals surface area contributed by atoms with Crippen LogP contribution in [0.2, 0.25) is 0 Å². The predicted molar refractivity (Wildman–Crippen MR) is 99.9 cm³/mol. The molecule has 1 aliphatic rings. The molecule has 2 atom stereocenters. The maximum absolute atomic E-state index is 13.1. The van der Waals surface area contributed by atoms with Crippen molar-refractivity contribution in [2.45, 2.75) is 57.8 Å². The molecule has 1 heterocycles. The Morgan fingerprint density at radius 2 is 1.96 bits per heavy atom. The smallest absolute Gasteiger partial charge is 0.243 e. The highest BCUT2D eigenvalue weighted by atomic mass is 32.2. The van der Waals surface area contributed by atoms with Crippen LogP contribution in [0.3, 0.4) is 0 Å². The number of hydrogen-bond donors (Lipinski definition) is 0. The summed E-state index contributed by atoms with van der Waals surface area (Å²) < 4.78 is 33.0. The molecule has 5 heteroatoms. The van der Waals surface area contributed by atoms with E-state index in [0.29, 0.717) is 30.5 Å². The zero-order valence-electron chi connectivity index (χ0n) is 15.8. The molecule has 138 valence electrons. The summed E-state index contributed by atoms with van der Waals surface area (Å²) >= 11 is 0. The lowest BCUT2D eigenvalue weighted by Crippen LogP contribution is -2.41. The first-order chi connectivity index (χ1) is 11.5. The van der Waals surface area contributed by atoms with Crippen molar-refractivity contribution in [3.05, 3.63) is 29.8 Å². The van der Waals surface area contributed by atoms with Crippen LogP contribution in [0.25, 0.3) is 0 Å². The van der Waals surface area contributed by atoms with Crippen LogP contribution in [-0.4, -0.2) is 39.5 Å². The van der Waals surface area contributed by atoms with Crippen molar-refractivity contribution in [3.8, 4) is 0 Å². The highest BCUT2D eigenvalue weighted by Gasteiger charge is 2.32. The third kappa shape index (κ3) is 5.04. The summed E-state index contributed by atoms with van der Waals surface area (Å²) in [5.74, 6) is 0.537. The van der Waals surface area contributed by atoms with E-state index in [0.717, 1.165) is 24.8 Å². The van der Waals surface area contributed by atoms with E-state index in [1.54, 1.807) is 17.5 Å². The molecular formula is C19H33NO3S. The summed E-state index contributed by atoms with van der Waals surface area (Å²) in [6.45, 7) is 9.96. The third-order valence-corrected chi connectivity index (χ3v) is 6.50. The van der Waals surface area contributed by atoms with Gasteiger partial charge in [-0.3, -0.25) is 0 Å². The summed E-state index contributed by atoms with van der Waals surface area (Å²) in [6, 6.07) is 7.42. The van der Waals surface area contributed by atoms with E-state index < -0.39 is 10.0 Å². The first kappa shape index (κ1) is 21.1. The van der Waals surface area contributed by atoms with Crippen molar-refractivity contribution in [2.24, 2.45) is 5.92 Å². The zero-order chi connectivity index (χ0) is 18.2. The number of benzene rings is 1. The van der Waals surface area contributed by atoms with Gasteiger partial charge in [0.15, 0.2) is 0 Å². The van der Waals surface area contributed by atoms with E-state index in [4.69, 9.17) is 4.74 Å². The number of ether oxygens (including phenoxy) is 1. The Morgan fingerprint density at radius 3 is 2.58 bits per heavy atom. The van der Waals surface area contributed by atoms with Crippen LogP contribution in [-0.2, 0) is 14.8 Å². The molecular weight excluding hydrogens is 322 g/mol. The minimum Gasteiger partial charge on any atom is -0.384 e. The maximum atomic E-state index is 13.1. The molecule has 0 N–H and O–H groups in total. The highest BCUT2D eigenvalue weighted by molar-refractivity contribution is 7.89. The fraction of sp³-hybridized carbons (Fsp3) is 0.684. The van der Waals surface area contributed by atoms with E-state index >= 15 is 0 Å². The van der Waals surface area contributed by atoms with Crippen molar-refractivity contribution in [1.82, 2.24) is 4.31 Å². The van der Waals surface area contributed by atoms with Gasteiger partial charge in [0.2, 0.25) is 10.0 Å². The van der Waals surface area contributed by atoms with Crippen LogP contribution in [0.5, 0.6) is 0 Å². The molecule has 2 unspecified atom stereocenters. The van der Waals surface area contributed by atoms with Gasteiger partial charge in [-0.15, -0.1) is 0 Å². The normalized spacial score (nSPS) is 20.1. The maximum Gasteiger partial charge on any atom is 0.243 e. The average molecular weight is 356 g/mol. The van der Waals surface area contributed by atoms with Gasteiger partial charge in [0.25, 0.3) is 0 Å². The molecule has 0 aromatic heterocycles. The molecule has 24 heavy (non-hydrogen) atoms. The fourth-order valence-corrected chi connectivity index (χ4v) is 4.97. The van der Waals surface area contributed by atoms with Crippen LogP contribution < -0.4 is 0 Å². The molecule has 2 rings (SSSR count). The predicted octanol–water partition coefficient (Wildman–Crippen LogP) is 4.27. The molecule has 0 saturated carbocycles. The lowest BCUT2D eigenvalue weighted by molar-refractivity contribution is 0.118. The van der Waals surface area contributed by atoms with Gasteiger partial charge in [0, 0.05) is 20.2 Å². The summed E-state index contributed by atoms with van der Waals surface area (Å²) in [7, 11) is -1.75. The Balaban J connectivity index is 0.00000139. The second-order valence-corrected chi connectivity index (χ2v) is 8.08. The van der Waals surface area contributed by atoms with Crippen molar-refractivity contribution >= 4 is 10.0 Å². The third-order valence-electron chi connectivity index (χ3n) is 4.56. The number of rotatable bonds is 6. The summed E-state index contributed by atoms with van der Waals surface area (Å²) in [4.78, 5) is 0.474. The lowest BCUT2D eigenvalue weighted by Gasteiger charge is -2.32. The Morgan fingerprint density at radius 1 is 1.29 bits per heavy atom. The topological polar surface area (TPSA) is 46.6 Å². The fourth-order valence-electron chi connectivity index (χ4n) is 3.10. The van der Waals surface area contributed by atoms with Crippen LogP contribution in [0.4, 0.5) is 0 Å².